The third-order valence-electron chi connectivity index (χ3n) is 5.27. The van der Waals surface area contributed by atoms with Crippen molar-refractivity contribution in [3.8, 4) is 5.75 Å². The minimum Gasteiger partial charge on any atom is -0.507 e. The molecule has 0 saturated carbocycles. The van der Waals surface area contributed by atoms with Gasteiger partial charge in [0.25, 0.3) is 15.9 Å². The lowest BCUT2D eigenvalue weighted by molar-refractivity contribution is -0.125. The molecule has 10 heteroatoms. The Balaban J connectivity index is 1.39. The van der Waals surface area contributed by atoms with Crippen LogP contribution in [0.3, 0.4) is 0 Å². The van der Waals surface area contributed by atoms with E-state index in [1.54, 1.807) is 11.4 Å². The first-order chi connectivity index (χ1) is 15.8. The summed E-state index contributed by atoms with van der Waals surface area (Å²) in [5.74, 6) is -1.79. The van der Waals surface area contributed by atoms with Gasteiger partial charge in [0, 0.05) is 5.69 Å². The van der Waals surface area contributed by atoms with E-state index in [-0.39, 0.29) is 27.3 Å². The number of phenols is 1. The predicted molar refractivity (Wildman–Crippen MR) is 124 cm³/mol. The number of phenolic OH excluding ortho intramolecular Hbond substituents is 1. The van der Waals surface area contributed by atoms with Crippen LogP contribution in [0.25, 0.3) is 0 Å². The minimum absolute atomic E-state index is 0.0800. The number of nitrogens with one attached hydrogen (secondary N) is 2. The second-order valence-corrected chi connectivity index (χ2v) is 10.4. The molecule has 0 bridgehead atoms. The number of thiophene rings is 1. The summed E-state index contributed by atoms with van der Waals surface area (Å²) in [6.45, 7) is -0.526. The van der Waals surface area contributed by atoms with Crippen LogP contribution in [0.2, 0.25) is 0 Å². The van der Waals surface area contributed by atoms with Crippen LogP contribution in [-0.2, 0) is 26.0 Å². The molecule has 1 unspecified atom stereocenters. The van der Waals surface area contributed by atoms with E-state index in [2.05, 4.69) is 10.0 Å². The fourth-order valence-electron chi connectivity index (χ4n) is 3.73. The first-order valence-corrected chi connectivity index (χ1v) is 12.6. The van der Waals surface area contributed by atoms with Crippen LogP contribution < -0.4 is 10.0 Å². The molecule has 3 N–H and O–H groups in total. The predicted octanol–water partition coefficient (Wildman–Crippen LogP) is 3.61. The highest BCUT2D eigenvalue weighted by molar-refractivity contribution is 7.94. The molecule has 0 fully saturated rings. The highest BCUT2D eigenvalue weighted by atomic mass is 32.2. The molecular formula is C23H22N2O6S2. The molecule has 0 spiro atoms. The number of hydrogen-bond acceptors (Lipinski definition) is 7. The summed E-state index contributed by atoms with van der Waals surface area (Å²) in [6.07, 6.45) is 2.71. The van der Waals surface area contributed by atoms with Gasteiger partial charge in [-0.2, -0.15) is 0 Å². The maximum absolute atomic E-state index is 12.5. The van der Waals surface area contributed by atoms with Gasteiger partial charge in [0.2, 0.25) is 0 Å². The monoisotopic (exact) mass is 486 g/mol. The number of benzene rings is 2. The van der Waals surface area contributed by atoms with E-state index in [0.29, 0.717) is 0 Å². The van der Waals surface area contributed by atoms with Crippen LogP contribution in [0.1, 0.15) is 40.4 Å². The standard InChI is InChI=1S/C23H22N2O6S2/c26-20-11-10-16(25-33(29,30)22-9-4-12-32-22)13-18(20)23(28)31-14-21(27)24-19-8-3-6-15-5-1-2-7-17(15)19/h1-2,4-5,7,9-13,19,25-26H,3,6,8,14H2,(H,24,27). The highest BCUT2D eigenvalue weighted by Gasteiger charge is 2.23. The zero-order valence-electron chi connectivity index (χ0n) is 17.5. The minimum atomic E-state index is -3.82. The summed E-state index contributed by atoms with van der Waals surface area (Å²) in [5.41, 5.74) is 2.08. The third kappa shape index (κ3) is 5.35. The van der Waals surface area contributed by atoms with Gasteiger partial charge in [-0.1, -0.05) is 30.3 Å². The molecular weight excluding hydrogens is 464 g/mol. The number of anilines is 1. The molecule has 0 saturated heterocycles. The lowest BCUT2D eigenvalue weighted by atomic mass is 9.88. The zero-order chi connectivity index (χ0) is 23.4. The first kappa shape index (κ1) is 22.8. The SMILES string of the molecule is O=C(COC(=O)c1cc(NS(=O)(=O)c2cccs2)ccc1O)NC1CCCc2ccccc21. The summed E-state index contributed by atoms with van der Waals surface area (Å²) in [7, 11) is -3.82. The maximum Gasteiger partial charge on any atom is 0.342 e. The Morgan fingerprint density at radius 2 is 1.94 bits per heavy atom. The Labute approximate surface area is 195 Å². The molecule has 1 aliphatic rings. The topological polar surface area (TPSA) is 122 Å². The molecule has 2 aromatic carbocycles. The fraction of sp³-hybridized carbons (Fsp3) is 0.217. The number of rotatable bonds is 7. The molecule has 0 radical (unpaired) electrons. The molecule has 8 nitrogen and oxygen atoms in total. The summed E-state index contributed by atoms with van der Waals surface area (Å²) in [6, 6.07) is 14.5. The number of hydrogen-bond donors (Lipinski definition) is 3. The van der Waals surface area contributed by atoms with Gasteiger partial charge >= 0.3 is 5.97 Å². The van der Waals surface area contributed by atoms with Gasteiger partial charge in [-0.15, -0.1) is 11.3 Å². The largest absolute Gasteiger partial charge is 0.507 e. The average Bonchev–Trinajstić information content (AvgIpc) is 3.35. The van der Waals surface area contributed by atoms with Gasteiger partial charge in [-0.25, -0.2) is 13.2 Å². The zero-order valence-corrected chi connectivity index (χ0v) is 19.1. The number of sulfonamides is 1. The Bertz CT molecular complexity index is 1270. The van der Waals surface area contributed by atoms with Gasteiger partial charge < -0.3 is 15.2 Å². The van der Waals surface area contributed by atoms with Crippen LogP contribution in [0.15, 0.2) is 64.2 Å². The van der Waals surface area contributed by atoms with Gasteiger partial charge in [0.1, 0.15) is 15.5 Å². The van der Waals surface area contributed by atoms with Crippen molar-refractivity contribution in [3.63, 3.8) is 0 Å². The van der Waals surface area contributed by atoms with Gasteiger partial charge in [0.05, 0.1) is 6.04 Å². The van der Waals surface area contributed by atoms with Crippen molar-refractivity contribution in [2.75, 3.05) is 11.3 Å². The third-order valence-corrected chi connectivity index (χ3v) is 8.05. The number of carbonyl (C=O) groups excluding carboxylic acids is 2. The van der Waals surface area contributed by atoms with Gasteiger partial charge in [0.15, 0.2) is 6.61 Å². The highest BCUT2D eigenvalue weighted by Crippen LogP contribution is 2.29. The molecule has 1 amide bonds. The summed E-state index contributed by atoms with van der Waals surface area (Å²) >= 11 is 1.05. The molecule has 1 heterocycles. The van der Waals surface area contributed by atoms with Crippen molar-refractivity contribution in [3.05, 3.63) is 76.7 Å². The molecule has 3 aromatic rings. The quantitative estimate of drug-likeness (QED) is 0.347. The smallest absolute Gasteiger partial charge is 0.342 e. The van der Waals surface area contributed by atoms with Crippen LogP contribution in [-0.4, -0.2) is 32.0 Å². The molecule has 172 valence electrons. The van der Waals surface area contributed by atoms with E-state index >= 15 is 0 Å². The number of fused-ring (bicyclic) bond motifs is 1. The normalized spacial score (nSPS) is 15.3. The van der Waals surface area contributed by atoms with E-state index in [1.165, 1.54) is 23.8 Å². The van der Waals surface area contributed by atoms with Crippen molar-refractivity contribution in [1.29, 1.82) is 0 Å². The van der Waals surface area contributed by atoms with Gasteiger partial charge in [-0.05, 0) is 60.0 Å². The molecule has 4 rings (SSSR count). The first-order valence-electron chi connectivity index (χ1n) is 10.3. The number of amides is 1. The molecule has 1 aromatic heterocycles. The van der Waals surface area contributed by atoms with E-state index in [4.69, 9.17) is 4.74 Å². The number of carbonyl (C=O) groups is 2. The van der Waals surface area contributed by atoms with Crippen LogP contribution in [0.4, 0.5) is 5.69 Å². The number of ether oxygens (including phenoxy) is 1. The van der Waals surface area contributed by atoms with E-state index in [1.807, 2.05) is 24.3 Å². The fourth-order valence-corrected chi connectivity index (χ4v) is 5.78. The Morgan fingerprint density at radius 1 is 1.12 bits per heavy atom. The van der Waals surface area contributed by atoms with E-state index in [0.717, 1.165) is 42.2 Å². The lowest BCUT2D eigenvalue weighted by Crippen LogP contribution is -2.34. The molecule has 1 aliphatic carbocycles. The van der Waals surface area contributed by atoms with Crippen LogP contribution in [0, 0.1) is 0 Å². The second-order valence-electron chi connectivity index (χ2n) is 7.56. The molecule has 0 aliphatic heterocycles. The summed E-state index contributed by atoms with van der Waals surface area (Å²) in [4.78, 5) is 24.9. The van der Waals surface area contributed by atoms with Crippen molar-refractivity contribution in [2.24, 2.45) is 0 Å². The number of esters is 1. The second kappa shape index (κ2) is 9.63. The average molecular weight is 487 g/mol. The summed E-state index contributed by atoms with van der Waals surface area (Å²) < 4.78 is 32.3. The van der Waals surface area contributed by atoms with Crippen molar-refractivity contribution < 1.29 is 27.9 Å². The van der Waals surface area contributed by atoms with Gasteiger partial charge in [-0.3, -0.25) is 9.52 Å². The molecule has 33 heavy (non-hydrogen) atoms. The van der Waals surface area contributed by atoms with Crippen molar-refractivity contribution >= 4 is 38.9 Å². The van der Waals surface area contributed by atoms with Crippen LogP contribution >= 0.6 is 11.3 Å². The van der Waals surface area contributed by atoms with Crippen LogP contribution in [0.5, 0.6) is 5.75 Å². The molecule has 1 atom stereocenters. The Morgan fingerprint density at radius 3 is 2.73 bits per heavy atom. The van der Waals surface area contributed by atoms with Crippen molar-refractivity contribution in [2.45, 2.75) is 29.5 Å². The van der Waals surface area contributed by atoms with E-state index < -0.39 is 28.5 Å². The van der Waals surface area contributed by atoms with Crippen molar-refractivity contribution in [1.82, 2.24) is 5.32 Å². The summed E-state index contributed by atoms with van der Waals surface area (Å²) in [5, 5.41) is 14.6. The maximum atomic E-state index is 12.5. The number of aromatic hydroxyl groups is 1. The Hall–Kier alpha value is -3.37. The number of aryl methyl sites for hydroxylation is 1. The van der Waals surface area contributed by atoms with E-state index in [9.17, 15) is 23.1 Å². The Kier molecular flexibility index (Phi) is 6.66. The lowest BCUT2D eigenvalue weighted by Gasteiger charge is -2.26.